The first-order valence-corrected chi connectivity index (χ1v) is 11.1. The van der Waals surface area contributed by atoms with Crippen molar-refractivity contribution in [3.63, 3.8) is 0 Å². The van der Waals surface area contributed by atoms with Gasteiger partial charge in [0.05, 0.1) is 17.6 Å². The molecule has 1 heterocycles. The first-order chi connectivity index (χ1) is 15.3. The molecule has 1 saturated carbocycles. The van der Waals surface area contributed by atoms with Gasteiger partial charge in [0, 0.05) is 23.2 Å². The molecule has 1 atom stereocenters. The van der Waals surface area contributed by atoms with E-state index in [0.29, 0.717) is 17.0 Å². The molecule has 0 radical (unpaired) electrons. The molecule has 1 unspecified atom stereocenters. The van der Waals surface area contributed by atoms with E-state index in [1.165, 1.54) is 12.3 Å². The number of nitrogens with zero attached hydrogens (tertiary/aromatic N) is 1. The Morgan fingerprint density at radius 3 is 2.66 bits per heavy atom. The smallest absolute Gasteiger partial charge is 0.288 e. The highest BCUT2D eigenvalue weighted by atomic mass is 16.4. The van der Waals surface area contributed by atoms with Crippen LogP contribution in [0.3, 0.4) is 0 Å². The predicted octanol–water partition coefficient (Wildman–Crippen LogP) is 3.39. The van der Waals surface area contributed by atoms with Crippen molar-refractivity contribution < 1.29 is 14.0 Å². The molecule has 0 spiro atoms. The Hall–Kier alpha value is -3.42. The summed E-state index contributed by atoms with van der Waals surface area (Å²) in [6.07, 6.45) is 6.65. The summed E-state index contributed by atoms with van der Waals surface area (Å²) in [7, 11) is 0. The lowest BCUT2D eigenvalue weighted by atomic mass is 10.1. The van der Waals surface area contributed by atoms with Crippen molar-refractivity contribution in [2.24, 2.45) is 11.7 Å². The second-order valence-electron chi connectivity index (χ2n) is 8.21. The molecule has 1 aromatic heterocycles. The van der Waals surface area contributed by atoms with E-state index in [1.807, 2.05) is 20.8 Å². The van der Waals surface area contributed by atoms with E-state index in [9.17, 15) is 9.59 Å². The summed E-state index contributed by atoms with van der Waals surface area (Å²) in [6.45, 7) is 5.99. The Bertz CT molecular complexity index is 1020. The summed E-state index contributed by atoms with van der Waals surface area (Å²) in [6, 6.07) is 7.15. The number of amides is 2. The number of hydrogen-bond acceptors (Lipinski definition) is 6. The lowest BCUT2D eigenvalue weighted by Gasteiger charge is -2.13. The Labute approximate surface area is 188 Å². The quantitative estimate of drug-likeness (QED) is 0.334. The van der Waals surface area contributed by atoms with E-state index in [-0.39, 0.29) is 47.0 Å². The molecule has 0 bridgehead atoms. The topological polar surface area (TPSA) is 134 Å². The van der Waals surface area contributed by atoms with Gasteiger partial charge in [-0.25, -0.2) is 4.98 Å². The third-order valence-corrected chi connectivity index (χ3v) is 5.72. The van der Waals surface area contributed by atoms with E-state index in [2.05, 4.69) is 15.6 Å². The fourth-order valence-corrected chi connectivity index (χ4v) is 3.39. The number of rotatable bonds is 10. The second kappa shape index (κ2) is 10.3. The van der Waals surface area contributed by atoms with Crippen LogP contribution >= 0.6 is 0 Å². The molecule has 1 fully saturated rings. The number of hydrogen-bond donors (Lipinski definition) is 4. The summed E-state index contributed by atoms with van der Waals surface area (Å²) < 4.78 is 5.65. The average molecular weight is 438 g/mol. The average Bonchev–Trinajstić information content (AvgIpc) is 3.53. The number of oxazole rings is 1. The Morgan fingerprint density at radius 1 is 1.28 bits per heavy atom. The standard InChI is InChI=1S/C24H31N5O3/c1-4-18(5-2)29-23(31)21-13-27-24(32-21)17-8-6-7-16(11-17)19(25)12-20(26)22(30)28-14(3)15-9-10-15/h6-8,11-15,18,25H,4-5,9-10,26H2,1-3H3,(H,28,30)(H,29,31)/b20-12-,25-19?. The first kappa shape index (κ1) is 23.2. The van der Waals surface area contributed by atoms with Gasteiger partial charge in [-0.1, -0.05) is 26.0 Å². The molecule has 5 N–H and O–H groups in total. The van der Waals surface area contributed by atoms with Crippen LogP contribution in [0.1, 0.15) is 62.6 Å². The van der Waals surface area contributed by atoms with Crippen LogP contribution < -0.4 is 16.4 Å². The number of nitrogens with two attached hydrogens (primary N) is 1. The zero-order chi connectivity index (χ0) is 23.3. The van der Waals surface area contributed by atoms with Gasteiger partial charge in [-0.3, -0.25) is 9.59 Å². The maximum Gasteiger partial charge on any atom is 0.288 e. The van der Waals surface area contributed by atoms with Gasteiger partial charge in [0.2, 0.25) is 11.7 Å². The number of allylic oxidation sites excluding steroid dienone is 1. The normalized spacial score (nSPS) is 14.8. The second-order valence-corrected chi connectivity index (χ2v) is 8.21. The van der Waals surface area contributed by atoms with Crippen LogP contribution in [-0.4, -0.2) is 34.6 Å². The van der Waals surface area contributed by atoms with Crippen LogP contribution in [0.5, 0.6) is 0 Å². The molecule has 1 aromatic carbocycles. The van der Waals surface area contributed by atoms with Gasteiger partial charge in [-0.15, -0.1) is 0 Å². The van der Waals surface area contributed by atoms with Crippen LogP contribution in [0, 0.1) is 11.3 Å². The summed E-state index contributed by atoms with van der Waals surface area (Å²) in [5.41, 5.74) is 7.16. The predicted molar refractivity (Wildman–Crippen MR) is 123 cm³/mol. The van der Waals surface area contributed by atoms with Crippen LogP contribution in [0.25, 0.3) is 11.5 Å². The molecule has 3 rings (SSSR count). The minimum absolute atomic E-state index is 0.00983. The Morgan fingerprint density at radius 2 is 2.00 bits per heavy atom. The molecule has 1 aliphatic carbocycles. The van der Waals surface area contributed by atoms with E-state index in [0.717, 1.165) is 25.7 Å². The summed E-state index contributed by atoms with van der Waals surface area (Å²) >= 11 is 0. The fourth-order valence-electron chi connectivity index (χ4n) is 3.39. The third-order valence-electron chi connectivity index (χ3n) is 5.72. The minimum atomic E-state index is -0.369. The monoisotopic (exact) mass is 437 g/mol. The van der Waals surface area contributed by atoms with Gasteiger partial charge in [0.25, 0.3) is 11.8 Å². The van der Waals surface area contributed by atoms with E-state index < -0.39 is 0 Å². The lowest BCUT2D eigenvalue weighted by molar-refractivity contribution is -0.118. The molecule has 8 nitrogen and oxygen atoms in total. The maximum atomic E-state index is 12.4. The highest BCUT2D eigenvalue weighted by Gasteiger charge is 2.29. The first-order valence-electron chi connectivity index (χ1n) is 11.1. The molecular weight excluding hydrogens is 406 g/mol. The van der Waals surface area contributed by atoms with E-state index in [4.69, 9.17) is 15.6 Å². The van der Waals surface area contributed by atoms with Crippen LogP contribution in [-0.2, 0) is 4.79 Å². The van der Waals surface area contributed by atoms with Crippen molar-refractivity contribution in [3.05, 3.63) is 53.6 Å². The zero-order valence-corrected chi connectivity index (χ0v) is 18.8. The molecule has 0 aliphatic heterocycles. The van der Waals surface area contributed by atoms with Gasteiger partial charge < -0.3 is 26.2 Å². The number of carbonyl (C=O) groups excluding carboxylic acids is 2. The summed E-state index contributed by atoms with van der Waals surface area (Å²) in [5, 5.41) is 14.1. The van der Waals surface area contributed by atoms with Crippen LogP contribution in [0.2, 0.25) is 0 Å². The Kier molecular flexibility index (Phi) is 7.45. The van der Waals surface area contributed by atoms with Crippen LogP contribution in [0.15, 0.2) is 46.7 Å². The van der Waals surface area contributed by atoms with Gasteiger partial charge in [0.15, 0.2) is 0 Å². The maximum absolute atomic E-state index is 12.4. The highest BCUT2D eigenvalue weighted by Crippen LogP contribution is 2.32. The van der Waals surface area contributed by atoms with Crippen molar-refractivity contribution in [3.8, 4) is 11.5 Å². The molecule has 2 amide bonds. The highest BCUT2D eigenvalue weighted by molar-refractivity contribution is 6.11. The number of benzene rings is 1. The van der Waals surface area contributed by atoms with Gasteiger partial charge in [0.1, 0.15) is 0 Å². The molecule has 170 valence electrons. The van der Waals surface area contributed by atoms with E-state index >= 15 is 0 Å². The number of aromatic nitrogens is 1. The minimum Gasteiger partial charge on any atom is -0.431 e. The largest absolute Gasteiger partial charge is 0.431 e. The molecule has 32 heavy (non-hydrogen) atoms. The Balaban J connectivity index is 1.69. The van der Waals surface area contributed by atoms with E-state index in [1.54, 1.807) is 24.3 Å². The van der Waals surface area contributed by atoms with Gasteiger partial charge in [-0.2, -0.15) is 0 Å². The van der Waals surface area contributed by atoms with Crippen molar-refractivity contribution in [2.45, 2.75) is 58.5 Å². The number of nitrogens with one attached hydrogen (secondary N) is 3. The van der Waals surface area contributed by atoms with Crippen molar-refractivity contribution in [2.75, 3.05) is 0 Å². The lowest BCUT2D eigenvalue weighted by Crippen LogP contribution is -2.37. The molecule has 1 aliphatic rings. The zero-order valence-electron chi connectivity index (χ0n) is 18.8. The molecule has 8 heteroatoms. The SMILES string of the molecule is CCC(CC)NC(=O)c1cnc(-c2cccc(C(=N)/C=C(\N)C(=O)NC(C)C3CC3)c2)o1. The van der Waals surface area contributed by atoms with Crippen molar-refractivity contribution in [1.29, 1.82) is 5.41 Å². The van der Waals surface area contributed by atoms with Gasteiger partial charge >= 0.3 is 0 Å². The summed E-state index contributed by atoms with van der Waals surface area (Å²) in [5.74, 6) is 0.264. The van der Waals surface area contributed by atoms with Crippen molar-refractivity contribution in [1.82, 2.24) is 15.6 Å². The molecule has 0 saturated heterocycles. The summed E-state index contributed by atoms with van der Waals surface area (Å²) in [4.78, 5) is 28.8. The molecular formula is C24H31N5O3. The molecule has 2 aromatic rings. The van der Waals surface area contributed by atoms with Gasteiger partial charge in [-0.05, 0) is 56.7 Å². The third kappa shape index (κ3) is 5.84. The van der Waals surface area contributed by atoms with Crippen LogP contribution in [0.4, 0.5) is 0 Å². The fraction of sp³-hybridized carbons (Fsp3) is 0.417. The number of carbonyl (C=O) groups is 2. The van der Waals surface area contributed by atoms with Crippen molar-refractivity contribution >= 4 is 17.5 Å².